The zero-order chi connectivity index (χ0) is 14.9. The minimum absolute atomic E-state index is 0.0833. The van der Waals surface area contributed by atoms with Gasteiger partial charge in [-0.3, -0.25) is 4.79 Å². The van der Waals surface area contributed by atoms with E-state index in [1.807, 2.05) is 0 Å². The Morgan fingerprint density at radius 1 is 1.43 bits per heavy atom. The van der Waals surface area contributed by atoms with Crippen LogP contribution in [0.25, 0.3) is 0 Å². The molecule has 1 aromatic rings. The van der Waals surface area contributed by atoms with E-state index in [1.165, 1.54) is 0 Å². The number of hydrogen-bond acceptors (Lipinski definition) is 4. The normalized spacial score (nSPS) is 24.3. The van der Waals surface area contributed by atoms with Crippen LogP contribution in [0.2, 0.25) is 5.02 Å². The number of amides is 1. The van der Waals surface area contributed by atoms with Gasteiger partial charge in [0.1, 0.15) is 11.7 Å². The predicted octanol–water partition coefficient (Wildman–Crippen LogP) is 2.02. The van der Waals surface area contributed by atoms with Crippen LogP contribution in [0.4, 0.5) is 0 Å². The van der Waals surface area contributed by atoms with E-state index in [1.54, 1.807) is 23.2 Å². The second kappa shape index (κ2) is 5.81. The van der Waals surface area contributed by atoms with Crippen molar-refractivity contribution in [2.45, 2.75) is 43.8 Å². The maximum absolute atomic E-state index is 12.3. The zero-order valence-corrected chi connectivity index (χ0v) is 12.6. The molecule has 114 valence electrons. The molecule has 1 saturated carbocycles. The molecule has 21 heavy (non-hydrogen) atoms. The van der Waals surface area contributed by atoms with Crippen molar-refractivity contribution < 1.29 is 14.6 Å². The molecule has 0 radical (unpaired) electrons. The standard InChI is InChI=1S/C15H19ClN2O3/c16-11-4-5-13(17-9-11)21-12-3-1-8-18(10-12)14(19)15(20)6-2-7-15/h4-5,9,12,20H,1-3,6-8,10H2. The molecule has 6 heteroatoms. The maximum atomic E-state index is 12.3. The number of nitrogens with zero attached hydrogens (tertiary/aromatic N) is 2. The summed E-state index contributed by atoms with van der Waals surface area (Å²) < 4.78 is 5.81. The molecule has 1 atom stereocenters. The van der Waals surface area contributed by atoms with Gasteiger partial charge in [0.05, 0.1) is 11.6 Å². The van der Waals surface area contributed by atoms with Crippen LogP contribution in [-0.2, 0) is 4.79 Å². The Balaban J connectivity index is 1.60. The first kappa shape index (κ1) is 14.6. The second-order valence-electron chi connectivity index (χ2n) is 5.83. The third-order valence-electron chi connectivity index (χ3n) is 4.23. The summed E-state index contributed by atoms with van der Waals surface area (Å²) >= 11 is 5.79. The summed E-state index contributed by atoms with van der Waals surface area (Å²) in [5, 5.41) is 10.7. The van der Waals surface area contributed by atoms with Crippen molar-refractivity contribution in [1.29, 1.82) is 0 Å². The molecule has 0 spiro atoms. The summed E-state index contributed by atoms with van der Waals surface area (Å²) in [6.07, 6.45) is 5.29. The highest BCUT2D eigenvalue weighted by Crippen LogP contribution is 2.34. The smallest absolute Gasteiger partial charge is 0.254 e. The van der Waals surface area contributed by atoms with E-state index in [9.17, 15) is 9.90 Å². The van der Waals surface area contributed by atoms with Crippen LogP contribution in [0.3, 0.4) is 0 Å². The summed E-state index contributed by atoms with van der Waals surface area (Å²) in [5.41, 5.74) is -1.12. The Labute approximate surface area is 128 Å². The van der Waals surface area contributed by atoms with Crippen LogP contribution >= 0.6 is 11.6 Å². The van der Waals surface area contributed by atoms with Crippen molar-refractivity contribution in [2.24, 2.45) is 0 Å². The highest BCUT2D eigenvalue weighted by atomic mass is 35.5. The molecule has 1 N–H and O–H groups in total. The monoisotopic (exact) mass is 310 g/mol. The van der Waals surface area contributed by atoms with Crippen molar-refractivity contribution in [3.8, 4) is 5.88 Å². The molecule has 0 bridgehead atoms. The lowest BCUT2D eigenvalue weighted by molar-refractivity contribution is -0.163. The van der Waals surface area contributed by atoms with Gasteiger partial charge in [0, 0.05) is 18.8 Å². The Bertz CT molecular complexity index is 516. The van der Waals surface area contributed by atoms with Gasteiger partial charge in [-0.2, -0.15) is 0 Å². The quantitative estimate of drug-likeness (QED) is 0.928. The van der Waals surface area contributed by atoms with Crippen LogP contribution < -0.4 is 4.74 Å². The lowest BCUT2D eigenvalue weighted by atomic mass is 9.79. The van der Waals surface area contributed by atoms with E-state index in [0.29, 0.717) is 36.8 Å². The molecule has 5 nitrogen and oxygen atoms in total. The number of aromatic nitrogens is 1. The number of hydrogen-bond donors (Lipinski definition) is 1. The van der Waals surface area contributed by atoms with Crippen molar-refractivity contribution in [1.82, 2.24) is 9.88 Å². The third kappa shape index (κ3) is 3.14. The fraction of sp³-hybridized carbons (Fsp3) is 0.600. The third-order valence-corrected chi connectivity index (χ3v) is 4.46. The number of aliphatic hydroxyl groups is 1. The first-order valence-electron chi connectivity index (χ1n) is 7.37. The first-order chi connectivity index (χ1) is 10.1. The number of ether oxygens (including phenoxy) is 1. The van der Waals surface area contributed by atoms with E-state index in [2.05, 4.69) is 4.98 Å². The molecule has 1 aromatic heterocycles. The lowest BCUT2D eigenvalue weighted by Crippen LogP contribution is -2.56. The van der Waals surface area contributed by atoms with Crippen LogP contribution in [0, 0.1) is 0 Å². The molecular formula is C15H19ClN2O3. The van der Waals surface area contributed by atoms with Gasteiger partial charge >= 0.3 is 0 Å². The largest absolute Gasteiger partial charge is 0.472 e. The predicted molar refractivity (Wildman–Crippen MR) is 78.3 cm³/mol. The van der Waals surface area contributed by atoms with Crippen molar-refractivity contribution >= 4 is 17.5 Å². The lowest BCUT2D eigenvalue weighted by Gasteiger charge is -2.41. The Morgan fingerprint density at radius 3 is 2.86 bits per heavy atom. The van der Waals surface area contributed by atoms with Crippen LogP contribution in [0.15, 0.2) is 18.3 Å². The molecule has 0 aromatic carbocycles. The van der Waals surface area contributed by atoms with Gasteiger partial charge in [0.15, 0.2) is 0 Å². The number of likely N-dealkylation sites (tertiary alicyclic amines) is 1. The number of piperidine rings is 1. The van der Waals surface area contributed by atoms with E-state index < -0.39 is 5.60 Å². The highest BCUT2D eigenvalue weighted by molar-refractivity contribution is 6.30. The SMILES string of the molecule is O=C(N1CCCC(Oc2ccc(Cl)cn2)C1)C1(O)CCC1. The molecule has 2 aliphatic rings. The van der Waals surface area contributed by atoms with Crippen molar-refractivity contribution in [3.05, 3.63) is 23.4 Å². The van der Waals surface area contributed by atoms with Gasteiger partial charge in [0.25, 0.3) is 5.91 Å². The molecule has 1 unspecified atom stereocenters. The fourth-order valence-electron chi connectivity index (χ4n) is 2.84. The molecule has 1 aliphatic carbocycles. The van der Waals surface area contributed by atoms with Gasteiger partial charge in [0.2, 0.25) is 5.88 Å². The number of pyridine rings is 1. The van der Waals surface area contributed by atoms with Crippen LogP contribution in [0.1, 0.15) is 32.1 Å². The minimum Gasteiger partial charge on any atom is -0.472 e. The van der Waals surface area contributed by atoms with E-state index >= 15 is 0 Å². The highest BCUT2D eigenvalue weighted by Gasteiger charge is 2.45. The molecule has 1 saturated heterocycles. The molecule has 2 fully saturated rings. The van der Waals surface area contributed by atoms with Crippen molar-refractivity contribution in [3.63, 3.8) is 0 Å². The summed E-state index contributed by atoms with van der Waals surface area (Å²) in [6, 6.07) is 3.45. The minimum atomic E-state index is -1.12. The average molecular weight is 311 g/mol. The Hall–Kier alpha value is -1.33. The molecule has 1 aliphatic heterocycles. The summed E-state index contributed by atoms with van der Waals surface area (Å²) in [7, 11) is 0. The number of carbonyl (C=O) groups excluding carboxylic acids is 1. The average Bonchev–Trinajstić information content (AvgIpc) is 2.47. The van der Waals surface area contributed by atoms with Gasteiger partial charge in [-0.25, -0.2) is 4.98 Å². The number of rotatable bonds is 3. The first-order valence-corrected chi connectivity index (χ1v) is 7.75. The number of halogens is 1. The van der Waals surface area contributed by atoms with E-state index in [-0.39, 0.29) is 12.0 Å². The van der Waals surface area contributed by atoms with Gasteiger partial charge in [-0.1, -0.05) is 11.6 Å². The molecule has 3 rings (SSSR count). The van der Waals surface area contributed by atoms with E-state index in [4.69, 9.17) is 16.3 Å². The molecule has 1 amide bonds. The second-order valence-corrected chi connectivity index (χ2v) is 6.27. The Kier molecular flexibility index (Phi) is 4.04. The number of carbonyl (C=O) groups is 1. The van der Waals surface area contributed by atoms with Gasteiger partial charge in [-0.05, 0) is 38.2 Å². The van der Waals surface area contributed by atoms with Crippen LogP contribution in [-0.4, -0.2) is 45.7 Å². The zero-order valence-electron chi connectivity index (χ0n) is 11.8. The van der Waals surface area contributed by atoms with Crippen LogP contribution in [0.5, 0.6) is 5.88 Å². The molecule has 2 heterocycles. The summed E-state index contributed by atoms with van der Waals surface area (Å²) in [4.78, 5) is 18.2. The molecular weight excluding hydrogens is 292 g/mol. The van der Waals surface area contributed by atoms with Crippen molar-refractivity contribution in [2.75, 3.05) is 13.1 Å². The summed E-state index contributed by atoms with van der Waals surface area (Å²) in [5.74, 6) is 0.368. The van der Waals surface area contributed by atoms with E-state index in [0.717, 1.165) is 19.3 Å². The maximum Gasteiger partial charge on any atom is 0.254 e. The fourth-order valence-corrected chi connectivity index (χ4v) is 2.95. The van der Waals surface area contributed by atoms with Gasteiger partial charge in [-0.15, -0.1) is 0 Å². The topological polar surface area (TPSA) is 62.7 Å². The summed E-state index contributed by atoms with van der Waals surface area (Å²) in [6.45, 7) is 1.19. The van der Waals surface area contributed by atoms with Gasteiger partial charge < -0.3 is 14.7 Å². The Morgan fingerprint density at radius 2 is 2.24 bits per heavy atom.